The molecule has 0 aliphatic carbocycles. The van der Waals surface area contributed by atoms with Crippen molar-refractivity contribution in [3.63, 3.8) is 0 Å². The van der Waals surface area contributed by atoms with E-state index in [2.05, 4.69) is 31.1 Å². The summed E-state index contributed by atoms with van der Waals surface area (Å²) in [4.78, 5) is 28.6. The second-order valence-electron chi connectivity index (χ2n) is 8.18. The van der Waals surface area contributed by atoms with Gasteiger partial charge in [-0.05, 0) is 54.1 Å². The Kier molecular flexibility index (Phi) is 6.82. The zero-order valence-electron chi connectivity index (χ0n) is 18.8. The Morgan fingerprint density at radius 3 is 2.33 bits per heavy atom. The molecule has 1 aromatic heterocycles. The van der Waals surface area contributed by atoms with E-state index >= 15 is 0 Å². The van der Waals surface area contributed by atoms with E-state index in [0.29, 0.717) is 44.2 Å². The van der Waals surface area contributed by atoms with Gasteiger partial charge in [0, 0.05) is 44.3 Å². The third kappa shape index (κ3) is 5.46. The lowest BCUT2D eigenvalue weighted by molar-refractivity contribution is 0.0746. The number of amides is 3. The number of urea groups is 1. The largest absolute Gasteiger partial charge is 0.336 e. The molecule has 10 heteroatoms. The maximum atomic E-state index is 13.0. The van der Waals surface area contributed by atoms with Gasteiger partial charge in [-0.15, -0.1) is 0 Å². The second kappa shape index (κ2) is 10.1. The van der Waals surface area contributed by atoms with E-state index in [9.17, 15) is 9.59 Å². The highest BCUT2D eigenvalue weighted by Crippen LogP contribution is 2.18. The van der Waals surface area contributed by atoms with Crippen molar-refractivity contribution in [2.75, 3.05) is 31.1 Å². The first-order chi connectivity index (χ1) is 16.0. The fourth-order valence-electron chi connectivity index (χ4n) is 3.67. The first-order valence-corrected chi connectivity index (χ1v) is 11.0. The number of nitrogens with zero attached hydrogens (tertiary/aromatic N) is 6. The van der Waals surface area contributed by atoms with Crippen molar-refractivity contribution in [1.82, 2.24) is 35.7 Å². The number of hydrogen-bond acceptors (Lipinski definition) is 6. The molecule has 0 atom stereocenters. The topological polar surface area (TPSA) is 108 Å². The zero-order valence-corrected chi connectivity index (χ0v) is 18.8. The highest BCUT2D eigenvalue weighted by Gasteiger charge is 2.25. The standard InChI is InChI=1S/C23H28N8O2/c1-17(2)25-22(33)24-16-18-8-10-19(11-9-18)21(32)29-12-14-30(15-13-29)23-26-27-28-31(23)20-6-4-3-5-7-20/h3-11,17H,12-16H2,1-2H3,(H2,24,25,33). The summed E-state index contributed by atoms with van der Waals surface area (Å²) in [5, 5.41) is 17.7. The minimum Gasteiger partial charge on any atom is -0.336 e. The van der Waals surface area contributed by atoms with Crippen molar-refractivity contribution in [3.05, 3.63) is 65.7 Å². The summed E-state index contributed by atoms with van der Waals surface area (Å²) in [6.45, 7) is 6.67. The van der Waals surface area contributed by atoms with Gasteiger partial charge in [-0.2, -0.15) is 4.68 Å². The molecule has 33 heavy (non-hydrogen) atoms. The molecular weight excluding hydrogens is 420 g/mol. The maximum Gasteiger partial charge on any atom is 0.315 e. The second-order valence-corrected chi connectivity index (χ2v) is 8.18. The van der Waals surface area contributed by atoms with Gasteiger partial charge >= 0.3 is 6.03 Å². The Morgan fingerprint density at radius 2 is 1.67 bits per heavy atom. The Bertz CT molecular complexity index is 1070. The van der Waals surface area contributed by atoms with Crippen LogP contribution in [0.15, 0.2) is 54.6 Å². The smallest absolute Gasteiger partial charge is 0.315 e. The number of tetrazole rings is 1. The number of piperazine rings is 1. The van der Waals surface area contributed by atoms with E-state index in [1.54, 1.807) is 4.68 Å². The number of aromatic nitrogens is 4. The van der Waals surface area contributed by atoms with E-state index in [-0.39, 0.29) is 18.0 Å². The van der Waals surface area contributed by atoms with E-state index in [1.807, 2.05) is 73.3 Å². The molecule has 0 bridgehead atoms. The van der Waals surface area contributed by atoms with E-state index in [4.69, 9.17) is 0 Å². The number of hydrogen-bond donors (Lipinski definition) is 2. The molecule has 3 aromatic rings. The van der Waals surface area contributed by atoms with Crippen LogP contribution in [0, 0.1) is 0 Å². The van der Waals surface area contributed by atoms with E-state index in [1.165, 1.54) is 0 Å². The number of nitrogens with one attached hydrogen (secondary N) is 2. The van der Waals surface area contributed by atoms with Crippen LogP contribution in [0.3, 0.4) is 0 Å². The van der Waals surface area contributed by atoms with E-state index in [0.717, 1.165) is 11.3 Å². The molecule has 2 aromatic carbocycles. The summed E-state index contributed by atoms with van der Waals surface area (Å²) >= 11 is 0. The molecule has 0 unspecified atom stereocenters. The van der Waals surface area contributed by atoms with Crippen molar-refractivity contribution in [2.45, 2.75) is 26.4 Å². The fraction of sp³-hybridized carbons (Fsp3) is 0.348. The van der Waals surface area contributed by atoms with E-state index < -0.39 is 0 Å². The van der Waals surface area contributed by atoms with Crippen LogP contribution in [0.25, 0.3) is 5.69 Å². The highest BCUT2D eigenvalue weighted by atomic mass is 16.2. The van der Waals surface area contributed by atoms with Gasteiger partial charge in [-0.1, -0.05) is 35.4 Å². The van der Waals surface area contributed by atoms with Crippen LogP contribution in [0.4, 0.5) is 10.7 Å². The van der Waals surface area contributed by atoms with Crippen LogP contribution in [0.2, 0.25) is 0 Å². The monoisotopic (exact) mass is 448 g/mol. The van der Waals surface area contributed by atoms with Crippen LogP contribution >= 0.6 is 0 Å². The van der Waals surface area contributed by atoms with Crippen molar-refractivity contribution in [1.29, 1.82) is 0 Å². The number of carbonyl (C=O) groups is 2. The molecule has 2 N–H and O–H groups in total. The Morgan fingerprint density at radius 1 is 0.970 bits per heavy atom. The van der Waals surface area contributed by atoms with Gasteiger partial charge in [0.15, 0.2) is 0 Å². The van der Waals surface area contributed by atoms with Crippen molar-refractivity contribution in [2.24, 2.45) is 0 Å². The molecule has 4 rings (SSSR count). The highest BCUT2D eigenvalue weighted by molar-refractivity contribution is 5.94. The molecule has 0 spiro atoms. The molecule has 1 saturated heterocycles. The Labute approximate surface area is 192 Å². The number of para-hydroxylation sites is 1. The molecular formula is C23H28N8O2. The molecule has 1 aliphatic rings. The van der Waals surface area contributed by atoms with Crippen LogP contribution < -0.4 is 15.5 Å². The normalized spacial score (nSPS) is 13.8. The average molecular weight is 449 g/mol. The summed E-state index contributed by atoms with van der Waals surface area (Å²) in [5.41, 5.74) is 2.46. The average Bonchev–Trinajstić information content (AvgIpc) is 3.33. The van der Waals surface area contributed by atoms with Crippen LogP contribution in [0.5, 0.6) is 0 Å². The molecule has 0 saturated carbocycles. The summed E-state index contributed by atoms with van der Waals surface area (Å²) in [7, 11) is 0. The molecule has 1 fully saturated rings. The predicted octanol–water partition coefficient (Wildman–Crippen LogP) is 1.83. The first kappa shape index (κ1) is 22.3. The number of carbonyl (C=O) groups excluding carboxylic acids is 2. The molecule has 0 radical (unpaired) electrons. The Balaban J connectivity index is 1.32. The summed E-state index contributed by atoms with van der Waals surface area (Å²) in [6, 6.07) is 17.0. The van der Waals surface area contributed by atoms with Gasteiger partial charge in [0.2, 0.25) is 5.95 Å². The van der Waals surface area contributed by atoms with Gasteiger partial charge in [0.25, 0.3) is 5.91 Å². The lowest BCUT2D eigenvalue weighted by Crippen LogP contribution is -2.49. The minimum absolute atomic E-state index is 0.00522. The molecule has 172 valence electrons. The van der Waals surface area contributed by atoms with Crippen LogP contribution in [0.1, 0.15) is 29.8 Å². The Hall–Kier alpha value is -3.95. The SMILES string of the molecule is CC(C)NC(=O)NCc1ccc(C(=O)N2CCN(c3nnnn3-c3ccccc3)CC2)cc1. The van der Waals surface area contributed by atoms with Gasteiger partial charge in [0.05, 0.1) is 5.69 Å². The summed E-state index contributed by atoms with van der Waals surface area (Å²) in [6.07, 6.45) is 0. The lowest BCUT2D eigenvalue weighted by Gasteiger charge is -2.34. The molecule has 3 amide bonds. The summed E-state index contributed by atoms with van der Waals surface area (Å²) < 4.78 is 1.71. The fourth-order valence-corrected chi connectivity index (χ4v) is 3.67. The molecule has 2 heterocycles. The van der Waals surface area contributed by atoms with Gasteiger partial charge in [-0.3, -0.25) is 4.79 Å². The van der Waals surface area contributed by atoms with Gasteiger partial charge in [-0.25, -0.2) is 4.79 Å². The third-order valence-corrected chi connectivity index (χ3v) is 5.38. The molecule has 10 nitrogen and oxygen atoms in total. The maximum absolute atomic E-state index is 13.0. The zero-order chi connectivity index (χ0) is 23.2. The van der Waals surface area contributed by atoms with Crippen molar-refractivity contribution >= 4 is 17.9 Å². The number of benzene rings is 2. The number of rotatable bonds is 6. The number of anilines is 1. The van der Waals surface area contributed by atoms with Crippen molar-refractivity contribution in [3.8, 4) is 5.69 Å². The van der Waals surface area contributed by atoms with Gasteiger partial charge < -0.3 is 20.4 Å². The summed E-state index contributed by atoms with van der Waals surface area (Å²) in [5.74, 6) is 0.668. The van der Waals surface area contributed by atoms with Gasteiger partial charge in [0.1, 0.15) is 0 Å². The molecule has 1 aliphatic heterocycles. The first-order valence-electron chi connectivity index (χ1n) is 11.0. The van der Waals surface area contributed by atoms with Crippen LogP contribution in [-0.2, 0) is 6.54 Å². The van der Waals surface area contributed by atoms with Crippen molar-refractivity contribution < 1.29 is 9.59 Å². The minimum atomic E-state index is -0.207. The van der Waals surface area contributed by atoms with Crippen LogP contribution in [-0.4, -0.2) is 69.3 Å². The predicted molar refractivity (Wildman–Crippen MR) is 124 cm³/mol. The lowest BCUT2D eigenvalue weighted by atomic mass is 10.1. The quantitative estimate of drug-likeness (QED) is 0.596. The third-order valence-electron chi connectivity index (χ3n) is 5.38.